The number of nitrogens with one attached hydrogen (secondary N) is 2. The standard InChI is InChI=1S/C16H13F3N2O2S/c17-16(18,19)11-5-1-4-10(7-11)14(22)20-21-15(23)13-8-9-3-2-6-12(9)24-13/h1,4-5,7-8H,2-3,6H2,(H,20,22)(H,21,23). The van der Waals surface area contributed by atoms with Crippen molar-refractivity contribution >= 4 is 23.2 Å². The van der Waals surface area contributed by atoms with Crippen molar-refractivity contribution in [3.63, 3.8) is 0 Å². The Morgan fingerprint density at radius 2 is 1.79 bits per heavy atom. The van der Waals surface area contributed by atoms with Crippen LogP contribution in [0.5, 0.6) is 0 Å². The zero-order valence-corrected chi connectivity index (χ0v) is 13.2. The molecule has 24 heavy (non-hydrogen) atoms. The van der Waals surface area contributed by atoms with Crippen LogP contribution in [0.25, 0.3) is 0 Å². The fraction of sp³-hybridized carbons (Fsp3) is 0.250. The van der Waals surface area contributed by atoms with Gasteiger partial charge in [0.05, 0.1) is 10.4 Å². The summed E-state index contributed by atoms with van der Waals surface area (Å²) in [5.74, 6) is -1.28. The Kier molecular flexibility index (Phi) is 4.31. The highest BCUT2D eigenvalue weighted by Gasteiger charge is 2.31. The molecule has 0 fully saturated rings. The number of alkyl halides is 3. The molecule has 0 spiro atoms. The average molecular weight is 354 g/mol. The lowest BCUT2D eigenvalue weighted by Crippen LogP contribution is -2.41. The van der Waals surface area contributed by atoms with Gasteiger partial charge in [0.1, 0.15) is 0 Å². The first-order chi connectivity index (χ1) is 11.3. The molecule has 4 nitrogen and oxygen atoms in total. The van der Waals surface area contributed by atoms with E-state index in [0.29, 0.717) is 4.88 Å². The molecular weight excluding hydrogens is 341 g/mol. The third-order valence-corrected chi connectivity index (χ3v) is 4.95. The Morgan fingerprint density at radius 1 is 1.04 bits per heavy atom. The summed E-state index contributed by atoms with van der Waals surface area (Å²) in [6.07, 6.45) is -1.56. The molecule has 126 valence electrons. The molecule has 0 saturated carbocycles. The van der Waals surface area contributed by atoms with E-state index in [1.165, 1.54) is 22.3 Å². The molecule has 0 aliphatic heterocycles. The van der Waals surface area contributed by atoms with E-state index in [0.717, 1.165) is 43.0 Å². The molecule has 0 saturated heterocycles. The van der Waals surface area contributed by atoms with Gasteiger partial charge < -0.3 is 0 Å². The number of hydrogen-bond donors (Lipinski definition) is 2. The first-order valence-corrected chi connectivity index (χ1v) is 8.06. The summed E-state index contributed by atoms with van der Waals surface area (Å²) < 4.78 is 37.9. The number of benzene rings is 1. The number of aryl methyl sites for hydroxylation is 2. The van der Waals surface area contributed by atoms with Crippen LogP contribution in [0, 0.1) is 0 Å². The predicted octanol–water partition coefficient (Wildman–Crippen LogP) is 3.33. The summed E-state index contributed by atoms with van der Waals surface area (Å²) in [7, 11) is 0. The van der Waals surface area contributed by atoms with Crippen molar-refractivity contribution < 1.29 is 22.8 Å². The SMILES string of the molecule is O=C(NNC(=O)c1cc2c(s1)CCC2)c1cccc(C(F)(F)F)c1. The Morgan fingerprint density at radius 3 is 2.50 bits per heavy atom. The number of amides is 2. The molecule has 1 aliphatic rings. The van der Waals surface area contributed by atoms with E-state index in [4.69, 9.17) is 0 Å². The molecule has 0 radical (unpaired) electrons. The van der Waals surface area contributed by atoms with E-state index in [1.54, 1.807) is 6.07 Å². The van der Waals surface area contributed by atoms with Crippen LogP contribution in [0.15, 0.2) is 30.3 Å². The van der Waals surface area contributed by atoms with Gasteiger partial charge >= 0.3 is 6.18 Å². The van der Waals surface area contributed by atoms with Crippen LogP contribution in [0.4, 0.5) is 13.2 Å². The zero-order valence-electron chi connectivity index (χ0n) is 12.4. The number of rotatable bonds is 2. The highest BCUT2D eigenvalue weighted by Crippen LogP contribution is 2.31. The maximum absolute atomic E-state index is 12.6. The van der Waals surface area contributed by atoms with Gasteiger partial charge in [-0.2, -0.15) is 13.2 Å². The molecule has 1 heterocycles. The zero-order chi connectivity index (χ0) is 17.3. The second-order valence-corrected chi connectivity index (χ2v) is 6.54. The Balaban J connectivity index is 1.63. The van der Waals surface area contributed by atoms with Gasteiger partial charge in [0.25, 0.3) is 11.8 Å². The highest BCUT2D eigenvalue weighted by molar-refractivity contribution is 7.14. The van der Waals surface area contributed by atoms with Crippen LogP contribution in [0.3, 0.4) is 0 Å². The minimum absolute atomic E-state index is 0.182. The first kappa shape index (κ1) is 16.5. The molecule has 2 N–H and O–H groups in total. The van der Waals surface area contributed by atoms with Crippen LogP contribution < -0.4 is 10.9 Å². The molecule has 0 unspecified atom stereocenters. The molecule has 2 amide bonds. The van der Waals surface area contributed by atoms with E-state index >= 15 is 0 Å². The summed E-state index contributed by atoms with van der Waals surface area (Å²) in [6, 6.07) is 5.79. The van der Waals surface area contributed by atoms with E-state index in [-0.39, 0.29) is 5.56 Å². The summed E-state index contributed by atoms with van der Waals surface area (Å²) in [6.45, 7) is 0. The van der Waals surface area contributed by atoms with E-state index in [1.807, 2.05) is 0 Å². The molecule has 1 aromatic carbocycles. The molecular formula is C16H13F3N2O2S. The van der Waals surface area contributed by atoms with E-state index < -0.39 is 23.6 Å². The van der Waals surface area contributed by atoms with Crippen LogP contribution in [-0.2, 0) is 19.0 Å². The predicted molar refractivity (Wildman–Crippen MR) is 82.7 cm³/mol. The largest absolute Gasteiger partial charge is 0.416 e. The monoisotopic (exact) mass is 354 g/mol. The number of halogens is 3. The van der Waals surface area contributed by atoms with Crippen LogP contribution in [0.1, 0.15) is 42.5 Å². The van der Waals surface area contributed by atoms with Crippen molar-refractivity contribution in [1.29, 1.82) is 0 Å². The molecule has 0 bridgehead atoms. The number of hydrogen-bond acceptors (Lipinski definition) is 3. The fourth-order valence-electron chi connectivity index (χ4n) is 2.53. The van der Waals surface area contributed by atoms with E-state index in [9.17, 15) is 22.8 Å². The fourth-order valence-corrected chi connectivity index (χ4v) is 3.67. The van der Waals surface area contributed by atoms with Crippen molar-refractivity contribution in [2.24, 2.45) is 0 Å². The van der Waals surface area contributed by atoms with Gasteiger partial charge in [0, 0.05) is 10.4 Å². The molecule has 1 aliphatic carbocycles. The number of hydrazine groups is 1. The summed E-state index contributed by atoms with van der Waals surface area (Å²) in [5, 5.41) is 0. The van der Waals surface area contributed by atoms with Gasteiger partial charge in [-0.15, -0.1) is 11.3 Å². The van der Waals surface area contributed by atoms with Crippen molar-refractivity contribution in [3.8, 4) is 0 Å². The minimum atomic E-state index is -4.53. The molecule has 0 atom stereocenters. The molecule has 3 rings (SSSR count). The van der Waals surface area contributed by atoms with Crippen molar-refractivity contribution in [2.75, 3.05) is 0 Å². The Hall–Kier alpha value is -2.35. The van der Waals surface area contributed by atoms with Crippen LogP contribution in [-0.4, -0.2) is 11.8 Å². The van der Waals surface area contributed by atoms with Crippen LogP contribution in [0.2, 0.25) is 0 Å². The highest BCUT2D eigenvalue weighted by atomic mass is 32.1. The maximum atomic E-state index is 12.6. The molecule has 2 aromatic rings. The van der Waals surface area contributed by atoms with E-state index in [2.05, 4.69) is 10.9 Å². The smallest absolute Gasteiger partial charge is 0.267 e. The topological polar surface area (TPSA) is 58.2 Å². The van der Waals surface area contributed by atoms with Crippen LogP contribution >= 0.6 is 11.3 Å². The average Bonchev–Trinajstić information content (AvgIpc) is 3.13. The minimum Gasteiger partial charge on any atom is -0.267 e. The summed E-state index contributed by atoms with van der Waals surface area (Å²) in [5.41, 5.74) is 4.42. The first-order valence-electron chi connectivity index (χ1n) is 7.24. The number of fused-ring (bicyclic) bond motifs is 1. The number of thiophene rings is 1. The Bertz CT molecular complexity index is 777. The van der Waals surface area contributed by atoms with Gasteiger partial charge in [-0.1, -0.05) is 6.07 Å². The third-order valence-electron chi connectivity index (χ3n) is 3.71. The Labute approximate surface area is 139 Å². The lowest BCUT2D eigenvalue weighted by atomic mass is 10.1. The van der Waals surface area contributed by atoms with Crippen molar-refractivity contribution in [3.05, 3.63) is 56.8 Å². The van der Waals surface area contributed by atoms with Gasteiger partial charge in [-0.3, -0.25) is 20.4 Å². The second-order valence-electron chi connectivity index (χ2n) is 5.40. The van der Waals surface area contributed by atoms with Gasteiger partial charge in [-0.05, 0) is 49.1 Å². The summed E-state index contributed by atoms with van der Waals surface area (Å²) in [4.78, 5) is 25.6. The van der Waals surface area contributed by atoms with Gasteiger partial charge in [-0.25, -0.2) is 0 Å². The normalized spacial score (nSPS) is 13.5. The lowest BCUT2D eigenvalue weighted by Gasteiger charge is -2.09. The third kappa shape index (κ3) is 3.43. The van der Waals surface area contributed by atoms with Gasteiger partial charge in [0.15, 0.2) is 0 Å². The molecule has 1 aromatic heterocycles. The number of carbonyl (C=O) groups is 2. The van der Waals surface area contributed by atoms with Gasteiger partial charge in [0.2, 0.25) is 0 Å². The second kappa shape index (κ2) is 6.27. The van der Waals surface area contributed by atoms with Crippen molar-refractivity contribution in [1.82, 2.24) is 10.9 Å². The number of carbonyl (C=O) groups excluding carboxylic acids is 2. The quantitative estimate of drug-likeness (QED) is 0.813. The summed E-state index contributed by atoms with van der Waals surface area (Å²) >= 11 is 1.37. The molecule has 8 heteroatoms. The van der Waals surface area contributed by atoms with Crippen molar-refractivity contribution in [2.45, 2.75) is 25.4 Å². The maximum Gasteiger partial charge on any atom is 0.416 e. The lowest BCUT2D eigenvalue weighted by molar-refractivity contribution is -0.137.